The molecule has 3 amide bonds. The Bertz CT molecular complexity index is 1400. The molecule has 192 valence electrons. The minimum absolute atomic E-state index is 0.0154. The van der Waals surface area contributed by atoms with Crippen molar-refractivity contribution in [2.45, 2.75) is 26.1 Å². The van der Waals surface area contributed by atoms with Gasteiger partial charge in [-0.15, -0.1) is 11.3 Å². The zero-order valence-corrected chi connectivity index (χ0v) is 21.7. The molecule has 0 bridgehead atoms. The summed E-state index contributed by atoms with van der Waals surface area (Å²) < 4.78 is 15.0. The molecule has 0 saturated carbocycles. The third-order valence-electron chi connectivity index (χ3n) is 5.54. The number of anilines is 1. The third kappa shape index (κ3) is 5.81. The van der Waals surface area contributed by atoms with Crippen molar-refractivity contribution in [2.75, 3.05) is 12.8 Å². The number of primary amides is 1. The molecule has 1 unspecified atom stereocenters. The minimum Gasteiger partial charge on any atom is -0.497 e. The smallest absolute Gasteiger partial charge is 0.270 e. The van der Waals surface area contributed by atoms with Crippen molar-refractivity contribution in [3.05, 3.63) is 86.4 Å². The summed E-state index contributed by atoms with van der Waals surface area (Å²) in [7, 11) is 1.58. The summed E-state index contributed by atoms with van der Waals surface area (Å²) in [5.41, 5.74) is 11.9. The molecule has 4 rings (SSSR count). The van der Waals surface area contributed by atoms with Crippen LogP contribution >= 0.6 is 22.9 Å². The van der Waals surface area contributed by atoms with E-state index in [1.165, 1.54) is 16.2 Å². The summed E-state index contributed by atoms with van der Waals surface area (Å²) in [6.07, 6.45) is 0. The zero-order chi connectivity index (χ0) is 26.5. The Hall–Kier alpha value is -4.16. The predicted octanol–water partition coefficient (Wildman–Crippen LogP) is 3.50. The maximum atomic E-state index is 13.8. The molecule has 10 nitrogen and oxygen atoms in total. The Morgan fingerprint density at radius 1 is 1.16 bits per heavy atom. The number of carbonyl (C=O) groups is 3. The van der Waals surface area contributed by atoms with Crippen molar-refractivity contribution >= 4 is 46.3 Å². The number of carbonyl (C=O) groups excluding carboxylic acids is 3. The van der Waals surface area contributed by atoms with Crippen LogP contribution in [-0.2, 0) is 17.9 Å². The summed E-state index contributed by atoms with van der Waals surface area (Å²) in [4.78, 5) is 41.4. The van der Waals surface area contributed by atoms with Crippen molar-refractivity contribution in [3.63, 3.8) is 0 Å². The summed E-state index contributed by atoms with van der Waals surface area (Å²) in [6, 6.07) is 13.2. The number of furan rings is 1. The van der Waals surface area contributed by atoms with Gasteiger partial charge in [0.1, 0.15) is 22.1 Å². The third-order valence-corrected chi connectivity index (χ3v) is 7.25. The molecular formula is C25H25N5O5S2. The molecule has 0 aliphatic carbocycles. The Morgan fingerprint density at radius 3 is 2.49 bits per heavy atom. The lowest BCUT2D eigenvalue weighted by Gasteiger charge is -2.29. The van der Waals surface area contributed by atoms with Crippen molar-refractivity contribution in [1.29, 1.82) is 0 Å². The number of nitrogen functional groups attached to an aromatic ring is 1. The van der Waals surface area contributed by atoms with Crippen LogP contribution < -0.4 is 21.5 Å². The van der Waals surface area contributed by atoms with Crippen LogP contribution in [0.3, 0.4) is 0 Å². The molecule has 1 aromatic carbocycles. The molecule has 3 heterocycles. The van der Waals surface area contributed by atoms with Crippen molar-refractivity contribution in [2.24, 2.45) is 5.73 Å². The van der Waals surface area contributed by atoms with Gasteiger partial charge in [-0.05, 0) is 59.7 Å². The molecule has 0 radical (unpaired) electrons. The number of benzene rings is 1. The monoisotopic (exact) mass is 539 g/mol. The topological polar surface area (TPSA) is 154 Å². The van der Waals surface area contributed by atoms with Crippen LogP contribution in [0.15, 0.2) is 58.3 Å². The molecule has 0 fully saturated rings. The highest BCUT2D eigenvalue weighted by Crippen LogP contribution is 2.31. The summed E-state index contributed by atoms with van der Waals surface area (Å²) in [5, 5.41) is 4.78. The van der Waals surface area contributed by atoms with E-state index in [-0.39, 0.29) is 35.1 Å². The van der Waals surface area contributed by atoms with Gasteiger partial charge in [-0.1, -0.05) is 18.2 Å². The first-order chi connectivity index (χ1) is 17.8. The van der Waals surface area contributed by atoms with Gasteiger partial charge < -0.3 is 30.8 Å². The van der Waals surface area contributed by atoms with Crippen LogP contribution in [0, 0.1) is 6.92 Å². The van der Waals surface area contributed by atoms with Crippen LogP contribution in [0.2, 0.25) is 0 Å². The van der Waals surface area contributed by atoms with Gasteiger partial charge in [-0.25, -0.2) is 0 Å². The van der Waals surface area contributed by atoms with Crippen LogP contribution in [0.5, 0.6) is 5.75 Å². The molecular weight excluding hydrogens is 514 g/mol. The first kappa shape index (κ1) is 25.9. The quantitative estimate of drug-likeness (QED) is 0.279. The second kappa shape index (κ2) is 11.3. The van der Waals surface area contributed by atoms with E-state index in [4.69, 9.17) is 20.6 Å². The fourth-order valence-electron chi connectivity index (χ4n) is 3.66. The second-order valence-corrected chi connectivity index (χ2v) is 9.87. The number of methoxy groups -OCH3 is 1. The maximum absolute atomic E-state index is 13.8. The highest BCUT2D eigenvalue weighted by atomic mass is 32.1. The van der Waals surface area contributed by atoms with E-state index < -0.39 is 23.8 Å². The molecule has 1 atom stereocenters. The van der Waals surface area contributed by atoms with Crippen LogP contribution in [0.4, 0.5) is 5.69 Å². The van der Waals surface area contributed by atoms with Gasteiger partial charge in [0.05, 0.1) is 19.3 Å². The number of ether oxygens (including phenoxy) is 1. The number of hydrogen-bond acceptors (Lipinski definition) is 9. The second-order valence-electron chi connectivity index (χ2n) is 8.07. The Labute approximate surface area is 221 Å². The molecule has 4 aromatic rings. The largest absolute Gasteiger partial charge is 0.497 e. The first-order valence-corrected chi connectivity index (χ1v) is 12.8. The molecule has 0 spiro atoms. The van der Waals surface area contributed by atoms with Gasteiger partial charge in [0.15, 0.2) is 11.7 Å². The number of thiophene rings is 1. The van der Waals surface area contributed by atoms with E-state index >= 15 is 0 Å². The fraction of sp³-hybridized carbons (Fsp3) is 0.200. The maximum Gasteiger partial charge on any atom is 0.270 e. The van der Waals surface area contributed by atoms with E-state index in [2.05, 4.69) is 9.69 Å². The zero-order valence-electron chi connectivity index (χ0n) is 20.1. The molecule has 0 aliphatic rings. The Balaban J connectivity index is 1.70. The van der Waals surface area contributed by atoms with Gasteiger partial charge in [-0.2, -0.15) is 4.37 Å². The van der Waals surface area contributed by atoms with Crippen molar-refractivity contribution in [1.82, 2.24) is 14.6 Å². The molecule has 37 heavy (non-hydrogen) atoms. The lowest BCUT2D eigenvalue weighted by atomic mass is 10.1. The van der Waals surface area contributed by atoms with Crippen molar-refractivity contribution in [3.8, 4) is 5.75 Å². The van der Waals surface area contributed by atoms with Crippen LogP contribution in [-0.4, -0.2) is 34.1 Å². The van der Waals surface area contributed by atoms with E-state index in [9.17, 15) is 14.4 Å². The highest BCUT2D eigenvalue weighted by Gasteiger charge is 2.37. The molecule has 12 heteroatoms. The number of aryl methyl sites for hydroxylation is 1. The number of nitrogens with zero attached hydrogens (tertiary/aromatic N) is 2. The highest BCUT2D eigenvalue weighted by molar-refractivity contribution is 7.10. The SMILES string of the molecule is COc1ccc(CNC(=O)C(c2ccc(C)o2)N(Cc2cccs2)C(=O)c2snc(C(N)=O)c2N)cc1. The Morgan fingerprint density at radius 2 is 1.92 bits per heavy atom. The van der Waals surface area contributed by atoms with Gasteiger partial charge in [0.2, 0.25) is 0 Å². The average molecular weight is 540 g/mol. The molecule has 5 N–H and O–H groups in total. The minimum atomic E-state index is -1.12. The number of hydrogen-bond donors (Lipinski definition) is 3. The fourth-order valence-corrected chi connectivity index (χ4v) is 5.13. The number of rotatable bonds is 10. The average Bonchev–Trinajstić information content (AvgIpc) is 3.64. The van der Waals surface area contributed by atoms with E-state index in [0.29, 0.717) is 11.5 Å². The summed E-state index contributed by atoms with van der Waals surface area (Å²) in [5.74, 6) is -0.298. The Kier molecular flexibility index (Phi) is 7.89. The number of nitrogens with two attached hydrogens (primary N) is 2. The van der Waals surface area contributed by atoms with Crippen LogP contribution in [0.25, 0.3) is 0 Å². The first-order valence-electron chi connectivity index (χ1n) is 11.1. The molecule has 3 aromatic heterocycles. The normalized spacial score (nSPS) is 11.6. The van der Waals surface area contributed by atoms with Gasteiger partial charge in [-0.3, -0.25) is 14.4 Å². The van der Waals surface area contributed by atoms with E-state index in [1.54, 1.807) is 38.3 Å². The summed E-state index contributed by atoms with van der Waals surface area (Å²) >= 11 is 2.19. The number of aromatic nitrogens is 1. The standard InChI is InChI=1S/C25H25N5O5S2/c1-14-5-10-18(35-14)21(24(32)28-12-15-6-8-16(34-2)9-7-15)30(13-17-4-3-11-36-17)25(33)22-19(26)20(23(27)31)29-37-22/h3-11,21H,12-13,26H2,1-2H3,(H2,27,31)(H,28,32). The van der Waals surface area contributed by atoms with Gasteiger partial charge >= 0.3 is 0 Å². The lowest BCUT2D eigenvalue weighted by Crippen LogP contribution is -2.43. The predicted molar refractivity (Wildman–Crippen MR) is 140 cm³/mol. The number of amides is 3. The van der Waals surface area contributed by atoms with Gasteiger partial charge in [0, 0.05) is 11.4 Å². The van der Waals surface area contributed by atoms with E-state index in [0.717, 1.165) is 22.0 Å². The van der Waals surface area contributed by atoms with Gasteiger partial charge in [0.25, 0.3) is 17.7 Å². The number of nitrogens with one attached hydrogen (secondary N) is 1. The van der Waals surface area contributed by atoms with E-state index in [1.807, 2.05) is 29.6 Å². The molecule has 0 aliphatic heterocycles. The van der Waals surface area contributed by atoms with Crippen LogP contribution in [0.1, 0.15) is 48.2 Å². The molecule has 0 saturated heterocycles. The lowest BCUT2D eigenvalue weighted by molar-refractivity contribution is -0.126. The van der Waals surface area contributed by atoms with Crippen molar-refractivity contribution < 1.29 is 23.5 Å². The summed E-state index contributed by atoms with van der Waals surface area (Å²) in [6.45, 7) is 2.07.